The van der Waals surface area contributed by atoms with Crippen LogP contribution >= 0.6 is 0 Å². The van der Waals surface area contributed by atoms with Gasteiger partial charge in [0.25, 0.3) is 0 Å². The molecule has 19 heavy (non-hydrogen) atoms. The van der Waals surface area contributed by atoms with E-state index in [1.807, 2.05) is 0 Å². The average Bonchev–Trinajstić information content (AvgIpc) is 2.42. The quantitative estimate of drug-likeness (QED) is 0.839. The third kappa shape index (κ3) is 4.81. The molecule has 0 aromatic carbocycles. The summed E-state index contributed by atoms with van der Waals surface area (Å²) in [7, 11) is 0. The topological polar surface area (TPSA) is 37.8 Å². The molecule has 0 radical (unpaired) electrons. The normalized spacial score (nSPS) is 23.3. The van der Waals surface area contributed by atoms with Gasteiger partial charge in [-0.2, -0.15) is 0 Å². The second-order valence-electron chi connectivity index (χ2n) is 5.99. The molecule has 1 saturated carbocycles. The van der Waals surface area contributed by atoms with Crippen molar-refractivity contribution in [3.63, 3.8) is 0 Å². The van der Waals surface area contributed by atoms with Gasteiger partial charge in [0.05, 0.1) is 0 Å². The van der Waals surface area contributed by atoms with Gasteiger partial charge in [0.2, 0.25) is 0 Å². The van der Waals surface area contributed by atoms with Crippen LogP contribution < -0.4 is 5.32 Å². The van der Waals surface area contributed by atoms with Gasteiger partial charge in [0.1, 0.15) is 12.1 Å². The zero-order valence-corrected chi connectivity index (χ0v) is 12.4. The van der Waals surface area contributed by atoms with Crippen LogP contribution in [0.4, 0.5) is 5.82 Å². The Balaban J connectivity index is 1.71. The molecule has 0 aliphatic heterocycles. The van der Waals surface area contributed by atoms with Crippen LogP contribution in [0.25, 0.3) is 0 Å². The van der Waals surface area contributed by atoms with Crippen molar-refractivity contribution < 1.29 is 0 Å². The van der Waals surface area contributed by atoms with Gasteiger partial charge in [-0.3, -0.25) is 0 Å². The molecule has 0 unspecified atom stereocenters. The zero-order valence-electron chi connectivity index (χ0n) is 12.4. The third-order valence-corrected chi connectivity index (χ3v) is 4.22. The predicted octanol–water partition coefficient (Wildman–Crippen LogP) is 4.06. The molecule has 1 fully saturated rings. The van der Waals surface area contributed by atoms with Gasteiger partial charge < -0.3 is 5.32 Å². The van der Waals surface area contributed by atoms with Crippen LogP contribution in [0.15, 0.2) is 12.4 Å². The number of nitrogens with zero attached hydrogens (tertiary/aromatic N) is 2. The van der Waals surface area contributed by atoms with Crippen LogP contribution in [-0.4, -0.2) is 16.5 Å². The van der Waals surface area contributed by atoms with Gasteiger partial charge in [-0.25, -0.2) is 9.97 Å². The van der Waals surface area contributed by atoms with Crippen LogP contribution in [0, 0.1) is 11.8 Å². The summed E-state index contributed by atoms with van der Waals surface area (Å²) in [4.78, 5) is 8.58. The smallest absolute Gasteiger partial charge is 0.129 e. The second-order valence-corrected chi connectivity index (χ2v) is 5.99. The van der Waals surface area contributed by atoms with E-state index in [1.165, 1.54) is 32.1 Å². The Labute approximate surface area is 117 Å². The molecule has 3 heteroatoms. The minimum Gasteiger partial charge on any atom is -0.370 e. The Morgan fingerprint density at radius 2 is 2.00 bits per heavy atom. The molecule has 1 aliphatic carbocycles. The molecule has 0 bridgehead atoms. The average molecular weight is 261 g/mol. The van der Waals surface area contributed by atoms with Gasteiger partial charge >= 0.3 is 0 Å². The molecule has 0 amide bonds. The molecule has 1 N–H and O–H groups in total. The molecule has 0 atom stereocenters. The maximum atomic E-state index is 4.29. The van der Waals surface area contributed by atoms with Gasteiger partial charge in [-0.05, 0) is 24.7 Å². The Kier molecular flexibility index (Phi) is 5.62. The van der Waals surface area contributed by atoms with Crippen LogP contribution in [0.5, 0.6) is 0 Å². The lowest BCUT2D eigenvalue weighted by Crippen LogP contribution is -2.16. The van der Waals surface area contributed by atoms with Crippen LogP contribution in [0.1, 0.15) is 58.1 Å². The molecular formula is C16H27N3. The first-order valence-corrected chi connectivity index (χ1v) is 7.82. The predicted molar refractivity (Wildman–Crippen MR) is 80.3 cm³/mol. The number of hydrogen-bond acceptors (Lipinski definition) is 3. The van der Waals surface area contributed by atoms with Crippen molar-refractivity contribution in [2.24, 2.45) is 11.8 Å². The van der Waals surface area contributed by atoms with Gasteiger partial charge in [-0.15, -0.1) is 0 Å². The molecule has 1 aliphatic rings. The van der Waals surface area contributed by atoms with Crippen LogP contribution in [0.2, 0.25) is 0 Å². The summed E-state index contributed by atoms with van der Waals surface area (Å²) in [5, 5.41) is 3.45. The van der Waals surface area contributed by atoms with E-state index in [4.69, 9.17) is 0 Å². The lowest BCUT2D eigenvalue weighted by molar-refractivity contribution is 0.282. The number of aryl methyl sites for hydroxylation is 1. The summed E-state index contributed by atoms with van der Waals surface area (Å²) in [5.74, 6) is 2.85. The molecule has 0 saturated heterocycles. The van der Waals surface area contributed by atoms with Crippen molar-refractivity contribution in [3.8, 4) is 0 Å². The van der Waals surface area contributed by atoms with Gasteiger partial charge in [0, 0.05) is 18.3 Å². The minimum atomic E-state index is 0.917. The fraction of sp³-hybridized carbons (Fsp3) is 0.750. The Hall–Kier alpha value is -1.12. The van der Waals surface area contributed by atoms with Crippen LogP contribution in [0.3, 0.4) is 0 Å². The van der Waals surface area contributed by atoms with E-state index in [2.05, 4.69) is 35.2 Å². The summed E-state index contributed by atoms with van der Waals surface area (Å²) < 4.78 is 0. The van der Waals surface area contributed by atoms with Crippen molar-refractivity contribution in [2.45, 2.75) is 58.8 Å². The SMILES string of the molecule is CCCc1cc(NCCC2CCC(C)CC2)ncn1. The maximum Gasteiger partial charge on any atom is 0.129 e. The number of aromatic nitrogens is 2. The Bertz CT molecular complexity index is 370. The summed E-state index contributed by atoms with van der Waals surface area (Å²) in [5.41, 5.74) is 1.14. The monoisotopic (exact) mass is 261 g/mol. The second kappa shape index (κ2) is 7.46. The van der Waals surface area contributed by atoms with E-state index < -0.39 is 0 Å². The molecule has 1 aromatic rings. The van der Waals surface area contributed by atoms with Crippen molar-refractivity contribution in [2.75, 3.05) is 11.9 Å². The minimum absolute atomic E-state index is 0.917. The molecule has 0 spiro atoms. The maximum absolute atomic E-state index is 4.29. The molecule has 1 heterocycles. The van der Waals surface area contributed by atoms with Crippen LogP contribution in [-0.2, 0) is 6.42 Å². The highest BCUT2D eigenvalue weighted by molar-refractivity contribution is 5.34. The lowest BCUT2D eigenvalue weighted by Gasteiger charge is -2.26. The van der Waals surface area contributed by atoms with Crippen molar-refractivity contribution in [1.82, 2.24) is 9.97 Å². The Morgan fingerprint density at radius 1 is 1.21 bits per heavy atom. The van der Waals surface area contributed by atoms with E-state index in [0.717, 1.165) is 42.7 Å². The molecule has 3 nitrogen and oxygen atoms in total. The third-order valence-electron chi connectivity index (χ3n) is 4.22. The fourth-order valence-corrected chi connectivity index (χ4v) is 2.91. The highest BCUT2D eigenvalue weighted by Crippen LogP contribution is 2.30. The number of hydrogen-bond donors (Lipinski definition) is 1. The highest BCUT2D eigenvalue weighted by Gasteiger charge is 2.17. The summed E-state index contributed by atoms with van der Waals surface area (Å²) in [6, 6.07) is 2.09. The highest BCUT2D eigenvalue weighted by atomic mass is 15.0. The number of anilines is 1. The van der Waals surface area contributed by atoms with Gasteiger partial charge in [0.15, 0.2) is 0 Å². The summed E-state index contributed by atoms with van der Waals surface area (Å²) >= 11 is 0. The molecule has 1 aromatic heterocycles. The lowest BCUT2D eigenvalue weighted by atomic mass is 9.81. The van der Waals surface area contributed by atoms with Crippen molar-refractivity contribution in [1.29, 1.82) is 0 Å². The number of nitrogens with one attached hydrogen (secondary N) is 1. The van der Waals surface area contributed by atoms with E-state index in [0.29, 0.717) is 0 Å². The Morgan fingerprint density at radius 3 is 2.74 bits per heavy atom. The van der Waals surface area contributed by atoms with Gasteiger partial charge in [-0.1, -0.05) is 46.0 Å². The largest absolute Gasteiger partial charge is 0.370 e. The molecule has 2 rings (SSSR count). The zero-order chi connectivity index (χ0) is 13.5. The first-order chi connectivity index (χ1) is 9.28. The summed E-state index contributed by atoms with van der Waals surface area (Å²) in [6.07, 6.45) is 10.8. The molecular weight excluding hydrogens is 234 g/mol. The van der Waals surface area contributed by atoms with E-state index in [1.54, 1.807) is 6.33 Å². The first-order valence-electron chi connectivity index (χ1n) is 7.82. The van der Waals surface area contributed by atoms with E-state index >= 15 is 0 Å². The summed E-state index contributed by atoms with van der Waals surface area (Å²) in [6.45, 7) is 5.60. The standard InChI is InChI=1S/C16H27N3/c1-3-4-15-11-16(19-12-18-15)17-10-9-14-7-5-13(2)6-8-14/h11-14H,3-10H2,1-2H3,(H,17,18,19). The fourth-order valence-electron chi connectivity index (χ4n) is 2.91. The number of rotatable bonds is 6. The molecule has 106 valence electrons. The first kappa shape index (κ1) is 14.3. The van der Waals surface area contributed by atoms with E-state index in [9.17, 15) is 0 Å². The van der Waals surface area contributed by atoms with E-state index in [-0.39, 0.29) is 0 Å². The van der Waals surface area contributed by atoms with Crippen molar-refractivity contribution >= 4 is 5.82 Å². The van der Waals surface area contributed by atoms with Crippen molar-refractivity contribution in [3.05, 3.63) is 18.1 Å².